The number of esters is 1. The van der Waals surface area contributed by atoms with Gasteiger partial charge in [-0.3, -0.25) is 0 Å². The predicted molar refractivity (Wildman–Crippen MR) is 88.0 cm³/mol. The lowest BCUT2D eigenvalue weighted by molar-refractivity contribution is -0.346. The number of carbonyl (C=O) groups is 1. The Morgan fingerprint density at radius 2 is 1.89 bits per heavy atom. The second-order valence-corrected chi connectivity index (χ2v) is 6.96. The Hall–Kier alpha value is -1.57. The van der Waals surface area contributed by atoms with Crippen molar-refractivity contribution in [1.82, 2.24) is 0 Å². The van der Waals surface area contributed by atoms with E-state index < -0.39 is 73.6 Å². The van der Waals surface area contributed by atoms with Crippen LogP contribution >= 0.6 is 0 Å². The average Bonchev–Trinajstić information content (AvgIpc) is 3.06. The van der Waals surface area contributed by atoms with Gasteiger partial charge in [0, 0.05) is 5.92 Å². The molecule has 0 radical (unpaired) electrons. The van der Waals surface area contributed by atoms with E-state index in [0.29, 0.717) is 0 Å². The zero-order valence-electron chi connectivity index (χ0n) is 15.0. The highest BCUT2D eigenvalue weighted by atomic mass is 16.8. The lowest BCUT2D eigenvalue weighted by atomic mass is 9.79. The van der Waals surface area contributed by atoms with Gasteiger partial charge in [0.25, 0.3) is 0 Å². The van der Waals surface area contributed by atoms with Gasteiger partial charge in [-0.15, -0.1) is 0 Å². The monoisotopic (exact) mass is 404 g/mol. The van der Waals surface area contributed by atoms with Gasteiger partial charge in [0.1, 0.15) is 30.0 Å². The Morgan fingerprint density at radius 3 is 2.50 bits per heavy atom. The normalized spacial score (nSPS) is 45.2. The van der Waals surface area contributed by atoms with Gasteiger partial charge in [-0.1, -0.05) is 12.2 Å². The van der Waals surface area contributed by atoms with Gasteiger partial charge in [-0.25, -0.2) is 4.79 Å². The molecule has 6 N–H and O–H groups in total. The van der Waals surface area contributed by atoms with E-state index in [1.807, 2.05) is 0 Å². The van der Waals surface area contributed by atoms with Crippen LogP contribution in [-0.4, -0.2) is 99.5 Å². The zero-order chi connectivity index (χ0) is 20.6. The maximum absolute atomic E-state index is 12.0. The van der Waals surface area contributed by atoms with E-state index in [0.717, 1.165) is 6.26 Å². The van der Waals surface area contributed by atoms with Crippen molar-refractivity contribution in [2.75, 3.05) is 20.3 Å². The summed E-state index contributed by atoms with van der Waals surface area (Å²) in [5, 5.41) is 59.5. The number of fused-ring (bicyclic) bond motifs is 1. The average molecular weight is 404 g/mol. The number of aliphatic hydroxyl groups excluding tert-OH is 5. The summed E-state index contributed by atoms with van der Waals surface area (Å²) in [5.41, 5.74) is -1.70. The molecule has 3 aliphatic rings. The van der Waals surface area contributed by atoms with Crippen LogP contribution in [0.1, 0.15) is 0 Å². The largest absolute Gasteiger partial charge is 0.471 e. The van der Waals surface area contributed by atoms with Crippen LogP contribution in [0.5, 0.6) is 0 Å². The van der Waals surface area contributed by atoms with Gasteiger partial charge in [0.15, 0.2) is 6.29 Å². The van der Waals surface area contributed by atoms with Crippen molar-refractivity contribution in [3.63, 3.8) is 0 Å². The molecule has 0 aromatic rings. The smallest absolute Gasteiger partial charge is 0.337 e. The first kappa shape index (κ1) is 21.1. The molecule has 2 aliphatic heterocycles. The van der Waals surface area contributed by atoms with Crippen LogP contribution in [0.3, 0.4) is 0 Å². The van der Waals surface area contributed by atoms with Crippen molar-refractivity contribution >= 4 is 5.97 Å². The minimum Gasteiger partial charge on any atom is -0.471 e. The Labute approximate surface area is 160 Å². The van der Waals surface area contributed by atoms with Crippen LogP contribution in [0.15, 0.2) is 24.0 Å². The molecule has 0 spiro atoms. The highest BCUT2D eigenvalue weighted by Crippen LogP contribution is 2.45. The minimum absolute atomic E-state index is 0.0989. The topological polar surface area (TPSA) is 175 Å². The number of ether oxygens (including phenoxy) is 4. The van der Waals surface area contributed by atoms with Crippen LogP contribution in [0.2, 0.25) is 0 Å². The van der Waals surface area contributed by atoms with Crippen molar-refractivity contribution in [3.05, 3.63) is 24.0 Å². The fraction of sp³-hybridized carbons (Fsp3) is 0.706. The van der Waals surface area contributed by atoms with E-state index in [2.05, 4.69) is 0 Å². The standard InChI is InChI=1S/C17H24O11/c1-25-14(23)8-5-26-15(10-7(8)2-3-17(10,24)6-19)28-16-13(22)12(21)11(20)9(4-18)27-16/h2-3,5,7,9-13,15-16,18-22,24H,4,6H2,1H3/t7-,9+,10+,11+,12-,13+,15+,16-,17-/m1/s1. The third kappa shape index (κ3) is 3.44. The van der Waals surface area contributed by atoms with Gasteiger partial charge in [-0.2, -0.15) is 0 Å². The summed E-state index contributed by atoms with van der Waals surface area (Å²) in [6.07, 6.45) is -4.99. The lowest BCUT2D eigenvalue weighted by Gasteiger charge is -2.44. The molecular weight excluding hydrogens is 380 g/mol. The Bertz CT molecular complexity index is 647. The molecule has 0 bridgehead atoms. The second-order valence-electron chi connectivity index (χ2n) is 6.96. The molecule has 158 valence electrons. The minimum atomic E-state index is -1.79. The van der Waals surface area contributed by atoms with Gasteiger partial charge < -0.3 is 49.6 Å². The zero-order valence-corrected chi connectivity index (χ0v) is 15.0. The highest BCUT2D eigenvalue weighted by molar-refractivity contribution is 5.89. The van der Waals surface area contributed by atoms with Crippen molar-refractivity contribution < 1.29 is 54.4 Å². The first-order valence-electron chi connectivity index (χ1n) is 8.69. The highest BCUT2D eigenvalue weighted by Gasteiger charge is 2.55. The maximum Gasteiger partial charge on any atom is 0.337 e. The molecule has 0 aromatic heterocycles. The molecule has 9 atom stereocenters. The van der Waals surface area contributed by atoms with Crippen molar-refractivity contribution in [3.8, 4) is 0 Å². The fourth-order valence-electron chi connectivity index (χ4n) is 3.71. The molecule has 0 aromatic carbocycles. The molecule has 0 amide bonds. The SMILES string of the molecule is COC(=O)C1=CO[C@@H](O[C@H]2O[C@@H](CO)[C@H](O)[C@@H](O)[C@@H]2O)[C@@H]2[C@@H]1C=C[C@@]2(O)CO. The molecular formula is C17H24O11. The Morgan fingerprint density at radius 1 is 1.18 bits per heavy atom. The number of hydrogen-bond donors (Lipinski definition) is 6. The molecule has 1 saturated heterocycles. The lowest BCUT2D eigenvalue weighted by Crippen LogP contribution is -2.61. The first-order valence-corrected chi connectivity index (χ1v) is 8.69. The second kappa shape index (κ2) is 8.05. The number of hydrogen-bond acceptors (Lipinski definition) is 11. The van der Waals surface area contributed by atoms with E-state index in [9.17, 15) is 35.4 Å². The first-order chi connectivity index (χ1) is 13.3. The Kier molecular flexibility index (Phi) is 6.08. The summed E-state index contributed by atoms with van der Waals surface area (Å²) in [4.78, 5) is 12.0. The van der Waals surface area contributed by atoms with Gasteiger partial charge in [0.05, 0.1) is 38.1 Å². The van der Waals surface area contributed by atoms with Gasteiger partial charge >= 0.3 is 5.97 Å². The molecule has 1 aliphatic carbocycles. The van der Waals surface area contributed by atoms with Crippen molar-refractivity contribution in [2.45, 2.75) is 42.6 Å². The maximum atomic E-state index is 12.0. The molecule has 1 fully saturated rings. The quantitative estimate of drug-likeness (QED) is 0.200. The Balaban J connectivity index is 1.85. The molecule has 28 heavy (non-hydrogen) atoms. The summed E-state index contributed by atoms with van der Waals surface area (Å²) in [6.45, 7) is -1.34. The van der Waals surface area contributed by atoms with Crippen LogP contribution in [0.4, 0.5) is 0 Å². The van der Waals surface area contributed by atoms with Crippen LogP contribution in [0.25, 0.3) is 0 Å². The summed E-state index contributed by atoms with van der Waals surface area (Å²) in [7, 11) is 1.19. The van der Waals surface area contributed by atoms with Gasteiger partial charge in [0.2, 0.25) is 6.29 Å². The predicted octanol–water partition coefficient (Wildman–Crippen LogP) is -3.26. The molecule has 3 rings (SSSR count). The summed E-state index contributed by atoms with van der Waals surface area (Å²) < 4.78 is 21.0. The fourth-order valence-corrected chi connectivity index (χ4v) is 3.71. The van der Waals surface area contributed by atoms with Crippen LogP contribution < -0.4 is 0 Å². The molecule has 0 saturated carbocycles. The van der Waals surface area contributed by atoms with E-state index in [1.54, 1.807) is 0 Å². The molecule has 11 heteroatoms. The van der Waals surface area contributed by atoms with Crippen molar-refractivity contribution in [1.29, 1.82) is 0 Å². The summed E-state index contributed by atoms with van der Waals surface area (Å²) in [6, 6.07) is 0. The molecule has 0 unspecified atom stereocenters. The number of allylic oxidation sites excluding steroid dienone is 1. The molecule has 2 heterocycles. The number of aliphatic hydroxyl groups is 6. The van der Waals surface area contributed by atoms with Gasteiger partial charge in [-0.05, 0) is 0 Å². The van der Waals surface area contributed by atoms with E-state index in [-0.39, 0.29) is 5.57 Å². The van der Waals surface area contributed by atoms with E-state index in [4.69, 9.17) is 18.9 Å². The van der Waals surface area contributed by atoms with Crippen LogP contribution in [-0.2, 0) is 23.7 Å². The summed E-state index contributed by atoms with van der Waals surface area (Å²) >= 11 is 0. The van der Waals surface area contributed by atoms with E-state index >= 15 is 0 Å². The third-order valence-corrected chi connectivity index (χ3v) is 5.33. The summed E-state index contributed by atoms with van der Waals surface area (Å²) in [5.74, 6) is -2.40. The third-order valence-electron chi connectivity index (χ3n) is 5.33. The van der Waals surface area contributed by atoms with Crippen molar-refractivity contribution in [2.24, 2.45) is 11.8 Å². The number of methoxy groups -OCH3 is 1. The molecule has 11 nitrogen and oxygen atoms in total. The van der Waals surface area contributed by atoms with Crippen LogP contribution in [0, 0.1) is 11.8 Å². The number of carbonyl (C=O) groups excluding carboxylic acids is 1. The van der Waals surface area contributed by atoms with E-state index in [1.165, 1.54) is 19.3 Å². The number of rotatable bonds is 5.